The standard InChI is InChI=1S/C12H18BN/c1-3-11-6-5-7-12(10-11)8-9-14(13)4-2/h5-7,10H,3-4,8-9H2,1-2H3. The molecule has 74 valence electrons. The van der Waals surface area contributed by atoms with Gasteiger partial charge in [0.1, 0.15) is 0 Å². The lowest BCUT2D eigenvalue weighted by atomic mass is 10.1. The summed E-state index contributed by atoms with van der Waals surface area (Å²) in [6.07, 6.45) is 2.14. The fourth-order valence-electron chi connectivity index (χ4n) is 1.44. The number of hydrogen-bond donors (Lipinski definition) is 0. The van der Waals surface area contributed by atoms with E-state index in [4.69, 9.17) is 7.98 Å². The first-order valence-electron chi connectivity index (χ1n) is 5.33. The van der Waals surface area contributed by atoms with Gasteiger partial charge in [0.05, 0.1) is 0 Å². The number of aryl methyl sites for hydroxylation is 1. The topological polar surface area (TPSA) is 3.24 Å². The van der Waals surface area contributed by atoms with Gasteiger partial charge in [0.2, 0.25) is 0 Å². The Morgan fingerprint density at radius 3 is 2.57 bits per heavy atom. The second-order valence-corrected chi connectivity index (χ2v) is 3.55. The molecule has 0 aliphatic carbocycles. The number of rotatable bonds is 5. The third kappa shape index (κ3) is 3.55. The van der Waals surface area contributed by atoms with E-state index in [2.05, 4.69) is 38.1 Å². The Labute approximate surface area is 88.6 Å². The van der Waals surface area contributed by atoms with E-state index in [0.717, 1.165) is 25.9 Å². The van der Waals surface area contributed by atoms with Gasteiger partial charge < -0.3 is 4.81 Å². The molecule has 1 rings (SSSR count). The molecule has 0 unspecified atom stereocenters. The molecule has 0 aliphatic rings. The van der Waals surface area contributed by atoms with E-state index in [-0.39, 0.29) is 0 Å². The molecule has 0 bridgehead atoms. The Hall–Kier alpha value is -0.755. The highest BCUT2D eigenvalue weighted by atomic mass is 15.0. The second-order valence-electron chi connectivity index (χ2n) is 3.55. The third-order valence-electron chi connectivity index (χ3n) is 2.49. The molecule has 0 amide bonds. The molecule has 1 nitrogen and oxygen atoms in total. The van der Waals surface area contributed by atoms with Crippen molar-refractivity contribution in [3.05, 3.63) is 35.4 Å². The van der Waals surface area contributed by atoms with Gasteiger partial charge in [0, 0.05) is 0 Å². The van der Waals surface area contributed by atoms with Crippen molar-refractivity contribution < 1.29 is 0 Å². The summed E-state index contributed by atoms with van der Waals surface area (Å²) in [6.45, 7) is 6.10. The molecule has 0 heterocycles. The maximum absolute atomic E-state index is 5.72. The summed E-state index contributed by atoms with van der Waals surface area (Å²) >= 11 is 0. The van der Waals surface area contributed by atoms with Crippen molar-refractivity contribution in [2.75, 3.05) is 13.1 Å². The Kier molecular flexibility index (Phi) is 4.74. The largest absolute Gasteiger partial charge is 0.353 e. The molecule has 1 aromatic rings. The molecule has 0 fully saturated rings. The number of benzene rings is 1. The first-order valence-corrected chi connectivity index (χ1v) is 5.33. The van der Waals surface area contributed by atoms with Gasteiger partial charge in [0.15, 0.2) is 7.98 Å². The highest BCUT2D eigenvalue weighted by molar-refractivity contribution is 6.04. The first kappa shape index (κ1) is 11.3. The van der Waals surface area contributed by atoms with Crippen molar-refractivity contribution in [2.45, 2.75) is 26.7 Å². The molecule has 14 heavy (non-hydrogen) atoms. The van der Waals surface area contributed by atoms with Crippen LogP contribution in [0.5, 0.6) is 0 Å². The SMILES string of the molecule is [B]N(CC)CCc1cccc(CC)c1. The van der Waals surface area contributed by atoms with Gasteiger partial charge in [-0.2, -0.15) is 0 Å². The number of likely N-dealkylation sites (N-methyl/N-ethyl adjacent to an activating group) is 1. The van der Waals surface area contributed by atoms with Crippen LogP contribution >= 0.6 is 0 Å². The van der Waals surface area contributed by atoms with E-state index in [9.17, 15) is 0 Å². The van der Waals surface area contributed by atoms with Crippen LogP contribution in [0.4, 0.5) is 0 Å². The van der Waals surface area contributed by atoms with Gasteiger partial charge in [-0.15, -0.1) is 0 Å². The molecule has 0 N–H and O–H groups in total. The van der Waals surface area contributed by atoms with Crippen LogP contribution < -0.4 is 0 Å². The van der Waals surface area contributed by atoms with Crippen molar-refractivity contribution >= 4 is 7.98 Å². The van der Waals surface area contributed by atoms with Crippen LogP contribution in [-0.2, 0) is 12.8 Å². The van der Waals surface area contributed by atoms with Crippen LogP contribution in [-0.4, -0.2) is 25.9 Å². The summed E-state index contributed by atoms with van der Waals surface area (Å²) in [5, 5.41) is 0. The Morgan fingerprint density at radius 1 is 1.21 bits per heavy atom. The van der Waals surface area contributed by atoms with Gasteiger partial charge in [-0.25, -0.2) is 0 Å². The minimum atomic E-state index is 0.910. The zero-order valence-corrected chi connectivity index (χ0v) is 9.16. The quantitative estimate of drug-likeness (QED) is 0.638. The van der Waals surface area contributed by atoms with Crippen molar-refractivity contribution in [2.24, 2.45) is 0 Å². The number of hydrogen-bond acceptors (Lipinski definition) is 1. The van der Waals surface area contributed by atoms with Crippen LogP contribution in [0.25, 0.3) is 0 Å². The van der Waals surface area contributed by atoms with E-state index < -0.39 is 0 Å². The summed E-state index contributed by atoms with van der Waals surface area (Å²) in [7, 11) is 5.72. The van der Waals surface area contributed by atoms with Crippen LogP contribution in [0.1, 0.15) is 25.0 Å². The molecule has 2 radical (unpaired) electrons. The normalized spacial score (nSPS) is 10.8. The summed E-state index contributed by atoms with van der Waals surface area (Å²) in [4.78, 5) is 1.85. The van der Waals surface area contributed by atoms with Gasteiger partial charge in [-0.05, 0) is 37.1 Å². The average molecular weight is 187 g/mol. The van der Waals surface area contributed by atoms with Gasteiger partial charge in [0.25, 0.3) is 0 Å². The van der Waals surface area contributed by atoms with Crippen LogP contribution in [0.2, 0.25) is 0 Å². The van der Waals surface area contributed by atoms with Gasteiger partial charge >= 0.3 is 0 Å². The third-order valence-corrected chi connectivity index (χ3v) is 2.49. The van der Waals surface area contributed by atoms with E-state index >= 15 is 0 Å². The minimum Gasteiger partial charge on any atom is -0.353 e. The first-order chi connectivity index (χ1) is 6.76. The van der Waals surface area contributed by atoms with Crippen LogP contribution in [0.15, 0.2) is 24.3 Å². The molecular weight excluding hydrogens is 169 g/mol. The smallest absolute Gasteiger partial charge is 0.182 e. The molecule has 0 spiro atoms. The fourth-order valence-corrected chi connectivity index (χ4v) is 1.44. The predicted octanol–water partition coefficient (Wildman–Crippen LogP) is 2.20. The monoisotopic (exact) mass is 187 g/mol. The molecule has 2 heteroatoms. The average Bonchev–Trinajstić information content (AvgIpc) is 2.26. The van der Waals surface area contributed by atoms with Gasteiger partial charge in [-0.3, -0.25) is 0 Å². The summed E-state index contributed by atoms with van der Waals surface area (Å²) in [6, 6.07) is 8.73. The summed E-state index contributed by atoms with van der Waals surface area (Å²) in [5.41, 5.74) is 2.79. The second kappa shape index (κ2) is 5.87. The van der Waals surface area contributed by atoms with Crippen molar-refractivity contribution in [3.8, 4) is 0 Å². The maximum Gasteiger partial charge on any atom is 0.182 e. The van der Waals surface area contributed by atoms with Gasteiger partial charge in [-0.1, -0.05) is 38.1 Å². The molecule has 0 atom stereocenters. The number of nitrogens with zero attached hydrogens (tertiary/aromatic N) is 1. The molecule has 0 aromatic heterocycles. The molecule has 0 saturated carbocycles. The molecule has 1 aromatic carbocycles. The van der Waals surface area contributed by atoms with Crippen LogP contribution in [0, 0.1) is 0 Å². The lowest BCUT2D eigenvalue weighted by Gasteiger charge is -2.14. The van der Waals surface area contributed by atoms with E-state index in [1.54, 1.807) is 0 Å². The van der Waals surface area contributed by atoms with Crippen LogP contribution in [0.3, 0.4) is 0 Å². The van der Waals surface area contributed by atoms with E-state index in [0.29, 0.717) is 0 Å². The Balaban J connectivity index is 2.50. The Morgan fingerprint density at radius 2 is 1.93 bits per heavy atom. The zero-order chi connectivity index (χ0) is 10.4. The zero-order valence-electron chi connectivity index (χ0n) is 9.16. The van der Waals surface area contributed by atoms with Crippen molar-refractivity contribution in [1.82, 2.24) is 4.81 Å². The summed E-state index contributed by atoms with van der Waals surface area (Å²) in [5.74, 6) is 0. The highest BCUT2D eigenvalue weighted by Gasteiger charge is 1.97. The predicted molar refractivity (Wildman–Crippen MR) is 62.5 cm³/mol. The maximum atomic E-state index is 5.72. The van der Waals surface area contributed by atoms with E-state index in [1.807, 2.05) is 4.81 Å². The lowest BCUT2D eigenvalue weighted by molar-refractivity contribution is 0.482. The van der Waals surface area contributed by atoms with E-state index in [1.165, 1.54) is 11.1 Å². The summed E-state index contributed by atoms with van der Waals surface area (Å²) < 4.78 is 0. The molecule has 0 aliphatic heterocycles. The highest BCUT2D eigenvalue weighted by Crippen LogP contribution is 2.06. The molecular formula is C12H18BN. The van der Waals surface area contributed by atoms with Crippen molar-refractivity contribution in [3.63, 3.8) is 0 Å². The molecule has 0 saturated heterocycles. The minimum absolute atomic E-state index is 0.910. The fraction of sp³-hybridized carbons (Fsp3) is 0.500. The van der Waals surface area contributed by atoms with Crippen molar-refractivity contribution in [1.29, 1.82) is 0 Å². The Bertz CT molecular complexity index is 273. The lowest BCUT2D eigenvalue weighted by Crippen LogP contribution is -2.22.